The maximum atomic E-state index is 13.5. The fourth-order valence-electron chi connectivity index (χ4n) is 3.90. The monoisotopic (exact) mass is 437 g/mol. The molecule has 4 aromatic rings. The fourth-order valence-corrected chi connectivity index (χ4v) is 7.59. The molecule has 0 aliphatic heterocycles. The van der Waals surface area contributed by atoms with Gasteiger partial charge in [-0.15, -0.1) is 0 Å². The van der Waals surface area contributed by atoms with E-state index in [1.54, 1.807) is 18.2 Å². The van der Waals surface area contributed by atoms with Gasteiger partial charge in [0.25, 0.3) is 0 Å². The predicted molar refractivity (Wildman–Crippen MR) is 136 cm³/mol. The molecule has 158 valence electrons. The molecule has 0 bridgehead atoms. The second-order valence-corrected chi connectivity index (χ2v) is 10.7. The van der Waals surface area contributed by atoms with Crippen molar-refractivity contribution in [2.45, 2.75) is 6.92 Å². The van der Waals surface area contributed by atoms with Gasteiger partial charge in [-0.05, 0) is 41.9 Å². The van der Waals surface area contributed by atoms with Gasteiger partial charge in [0.1, 0.15) is 0 Å². The van der Waals surface area contributed by atoms with Crippen LogP contribution in [0.1, 0.15) is 17.3 Å². The van der Waals surface area contributed by atoms with Crippen molar-refractivity contribution in [3.05, 3.63) is 121 Å². The van der Waals surface area contributed by atoms with Crippen LogP contribution in [-0.4, -0.2) is 17.5 Å². The first kappa shape index (κ1) is 21.5. The minimum atomic E-state index is -2.41. The zero-order chi connectivity index (χ0) is 22.4. The van der Waals surface area contributed by atoms with Crippen molar-refractivity contribution < 1.29 is 9.59 Å². The number of hydrogen-bond acceptors (Lipinski definition) is 2. The van der Waals surface area contributed by atoms with Crippen LogP contribution in [0.5, 0.6) is 0 Å². The standard InChI is InChI=1S/C28H24NO2P/c1-22(30)26-19-11-12-20-27(26)29-28(31)21-32(23-13-5-2-6-14-23,24-15-7-3-8-16-24)25-17-9-4-10-18-25/h2-21H,1H3,(H,29,31). The normalized spacial score (nSPS) is 10.9. The van der Waals surface area contributed by atoms with E-state index in [4.69, 9.17) is 0 Å². The van der Waals surface area contributed by atoms with E-state index < -0.39 is 6.89 Å². The third kappa shape index (κ3) is 4.34. The molecule has 32 heavy (non-hydrogen) atoms. The minimum Gasteiger partial charge on any atom is -0.322 e. The van der Waals surface area contributed by atoms with Crippen molar-refractivity contribution in [1.82, 2.24) is 0 Å². The number of para-hydroxylation sites is 1. The molecule has 4 heteroatoms. The first-order valence-electron chi connectivity index (χ1n) is 10.4. The van der Waals surface area contributed by atoms with Crippen LogP contribution in [-0.2, 0) is 4.79 Å². The molecule has 0 aromatic heterocycles. The summed E-state index contributed by atoms with van der Waals surface area (Å²) in [6, 6.07) is 37.6. The average molecular weight is 437 g/mol. The van der Waals surface area contributed by atoms with Gasteiger partial charge in [-0.25, -0.2) is 0 Å². The lowest BCUT2D eigenvalue weighted by Gasteiger charge is -2.28. The maximum Gasteiger partial charge on any atom is 0.249 e. The summed E-state index contributed by atoms with van der Waals surface area (Å²) >= 11 is 0. The van der Waals surface area contributed by atoms with Gasteiger partial charge in [-0.3, -0.25) is 9.59 Å². The third-order valence-electron chi connectivity index (χ3n) is 5.37. The van der Waals surface area contributed by atoms with Gasteiger partial charge in [0.2, 0.25) is 5.91 Å². The van der Waals surface area contributed by atoms with Crippen molar-refractivity contribution in [1.29, 1.82) is 0 Å². The number of amides is 1. The number of hydrogen-bond donors (Lipinski definition) is 1. The number of Topliss-reactive ketones (excluding diaryl/α,β-unsaturated/α-hetero) is 1. The van der Waals surface area contributed by atoms with E-state index >= 15 is 0 Å². The van der Waals surface area contributed by atoms with E-state index in [0.717, 1.165) is 15.9 Å². The van der Waals surface area contributed by atoms with Crippen LogP contribution in [0.4, 0.5) is 5.69 Å². The topological polar surface area (TPSA) is 46.2 Å². The molecule has 0 unspecified atom stereocenters. The second kappa shape index (κ2) is 9.64. The molecule has 0 spiro atoms. The highest BCUT2D eigenvalue weighted by Crippen LogP contribution is 2.43. The number of nitrogens with one attached hydrogen (secondary N) is 1. The van der Waals surface area contributed by atoms with Crippen LogP contribution in [0.2, 0.25) is 0 Å². The lowest BCUT2D eigenvalue weighted by Crippen LogP contribution is -2.30. The zero-order valence-electron chi connectivity index (χ0n) is 17.8. The molecule has 0 aliphatic rings. The number of anilines is 1. The molecule has 3 nitrogen and oxygen atoms in total. The molecule has 1 amide bonds. The van der Waals surface area contributed by atoms with Crippen molar-refractivity contribution in [2.24, 2.45) is 0 Å². The van der Waals surface area contributed by atoms with E-state index in [2.05, 4.69) is 41.7 Å². The number of ketones is 1. The molecule has 0 heterocycles. The summed E-state index contributed by atoms with van der Waals surface area (Å²) < 4.78 is 0. The Morgan fingerprint density at radius 3 is 1.47 bits per heavy atom. The summed E-state index contributed by atoms with van der Waals surface area (Å²) in [5, 5.41) is 6.24. The highest BCUT2D eigenvalue weighted by molar-refractivity contribution is 7.95. The minimum absolute atomic E-state index is 0.0869. The Balaban J connectivity index is 1.95. The average Bonchev–Trinajstić information content (AvgIpc) is 2.84. The largest absolute Gasteiger partial charge is 0.322 e. The van der Waals surface area contributed by atoms with E-state index in [1.807, 2.05) is 66.5 Å². The van der Waals surface area contributed by atoms with Crippen LogP contribution < -0.4 is 21.2 Å². The van der Waals surface area contributed by atoms with Gasteiger partial charge in [-0.1, -0.05) is 103 Å². The number of rotatable bonds is 6. The van der Waals surface area contributed by atoms with Crippen LogP contribution >= 0.6 is 6.89 Å². The van der Waals surface area contributed by atoms with Crippen LogP contribution in [0.3, 0.4) is 0 Å². The maximum absolute atomic E-state index is 13.5. The number of carbonyl (C=O) groups excluding carboxylic acids is 2. The first-order valence-corrected chi connectivity index (χ1v) is 12.3. The van der Waals surface area contributed by atoms with Gasteiger partial charge in [-0.2, -0.15) is 0 Å². The second-order valence-electron chi connectivity index (χ2n) is 7.45. The lowest BCUT2D eigenvalue weighted by molar-refractivity contribution is -0.109. The van der Waals surface area contributed by atoms with Crippen LogP contribution in [0.15, 0.2) is 115 Å². The Morgan fingerprint density at radius 1 is 0.625 bits per heavy atom. The van der Waals surface area contributed by atoms with E-state index in [9.17, 15) is 9.59 Å². The fraction of sp³-hybridized carbons (Fsp3) is 0.0357. The molecule has 0 atom stereocenters. The molecular weight excluding hydrogens is 413 g/mol. The predicted octanol–water partition coefficient (Wildman–Crippen LogP) is 4.62. The van der Waals surface area contributed by atoms with Gasteiger partial charge in [0.15, 0.2) is 5.78 Å². The summed E-state index contributed by atoms with van der Waals surface area (Å²) in [6.45, 7) is -0.903. The summed E-state index contributed by atoms with van der Waals surface area (Å²) in [5.41, 5.74) is 1.02. The van der Waals surface area contributed by atoms with Gasteiger partial charge < -0.3 is 5.32 Å². The Labute approximate surface area is 188 Å². The molecule has 4 aromatic carbocycles. The smallest absolute Gasteiger partial charge is 0.249 e. The van der Waals surface area contributed by atoms with E-state index in [-0.39, 0.29) is 11.7 Å². The quantitative estimate of drug-likeness (QED) is 0.353. The third-order valence-corrected chi connectivity index (χ3v) is 9.33. The van der Waals surface area contributed by atoms with Crippen molar-refractivity contribution in [2.75, 3.05) is 5.32 Å². The Hall–Kier alpha value is -3.68. The Bertz CT molecular complexity index is 1180. The Kier molecular flexibility index (Phi) is 6.49. The number of benzene rings is 4. The molecule has 0 saturated heterocycles. The van der Waals surface area contributed by atoms with Gasteiger partial charge in [0, 0.05) is 11.4 Å². The summed E-state index contributed by atoms with van der Waals surface area (Å²) in [4.78, 5) is 25.5. The van der Waals surface area contributed by atoms with Crippen molar-refractivity contribution >= 4 is 46.0 Å². The van der Waals surface area contributed by atoms with Crippen LogP contribution in [0.25, 0.3) is 0 Å². The van der Waals surface area contributed by atoms with Gasteiger partial charge >= 0.3 is 0 Å². The molecule has 4 rings (SSSR count). The lowest BCUT2D eigenvalue weighted by atomic mass is 10.1. The first-order chi connectivity index (χ1) is 15.6. The molecule has 0 saturated carbocycles. The van der Waals surface area contributed by atoms with Crippen molar-refractivity contribution in [3.8, 4) is 0 Å². The molecular formula is C28H24NO2P. The number of carbonyl (C=O) groups is 2. The SMILES string of the molecule is CC(=O)c1ccccc1NC(=O)C=P(c1ccccc1)(c1ccccc1)c1ccccc1. The van der Waals surface area contributed by atoms with Crippen molar-refractivity contribution in [3.63, 3.8) is 0 Å². The van der Waals surface area contributed by atoms with Crippen LogP contribution in [0, 0.1) is 0 Å². The molecule has 0 fully saturated rings. The highest BCUT2D eigenvalue weighted by Gasteiger charge is 2.26. The van der Waals surface area contributed by atoms with Gasteiger partial charge in [0.05, 0.1) is 5.69 Å². The molecule has 0 radical (unpaired) electrons. The zero-order valence-corrected chi connectivity index (χ0v) is 18.7. The molecule has 1 N–H and O–H groups in total. The van der Waals surface area contributed by atoms with E-state index in [1.165, 1.54) is 6.92 Å². The Morgan fingerprint density at radius 2 is 1.03 bits per heavy atom. The van der Waals surface area contributed by atoms with E-state index in [0.29, 0.717) is 11.3 Å². The summed E-state index contributed by atoms with van der Waals surface area (Å²) in [6.07, 6.45) is 0. The summed E-state index contributed by atoms with van der Waals surface area (Å²) in [7, 11) is 0. The highest BCUT2D eigenvalue weighted by atomic mass is 31.2. The molecule has 0 aliphatic carbocycles. The summed E-state index contributed by atoms with van der Waals surface area (Å²) in [5.74, 6) is 1.50.